The standard InChI is InChI=1S/C10H17NO/c1-3-9-6-5-7-11(4-2)10(12)8-9/h5,7,9H,3-4,6,8H2,1-2H3. The summed E-state index contributed by atoms with van der Waals surface area (Å²) in [6, 6.07) is 0. The van der Waals surface area contributed by atoms with Gasteiger partial charge in [0.1, 0.15) is 0 Å². The normalized spacial score (nSPS) is 24.3. The van der Waals surface area contributed by atoms with Crippen LogP contribution in [-0.4, -0.2) is 17.4 Å². The van der Waals surface area contributed by atoms with Crippen molar-refractivity contribution in [1.29, 1.82) is 0 Å². The molecule has 0 saturated carbocycles. The third-order valence-corrected chi connectivity index (χ3v) is 2.46. The molecular formula is C10H17NO. The zero-order valence-corrected chi connectivity index (χ0v) is 7.92. The van der Waals surface area contributed by atoms with Crippen LogP contribution in [0.25, 0.3) is 0 Å². The Kier molecular flexibility index (Phi) is 3.32. The molecule has 0 N–H and O–H groups in total. The van der Waals surface area contributed by atoms with Gasteiger partial charge < -0.3 is 4.90 Å². The summed E-state index contributed by atoms with van der Waals surface area (Å²) in [4.78, 5) is 13.3. The summed E-state index contributed by atoms with van der Waals surface area (Å²) < 4.78 is 0. The van der Waals surface area contributed by atoms with E-state index in [9.17, 15) is 4.79 Å². The van der Waals surface area contributed by atoms with Crippen LogP contribution in [0.1, 0.15) is 33.1 Å². The van der Waals surface area contributed by atoms with Gasteiger partial charge in [0.2, 0.25) is 5.91 Å². The van der Waals surface area contributed by atoms with Crippen molar-refractivity contribution in [2.24, 2.45) is 5.92 Å². The lowest BCUT2D eigenvalue weighted by molar-refractivity contribution is -0.129. The van der Waals surface area contributed by atoms with Crippen LogP contribution in [0.5, 0.6) is 0 Å². The molecule has 1 aliphatic heterocycles. The minimum Gasteiger partial charge on any atom is -0.320 e. The van der Waals surface area contributed by atoms with E-state index >= 15 is 0 Å². The van der Waals surface area contributed by atoms with Crippen LogP contribution >= 0.6 is 0 Å². The van der Waals surface area contributed by atoms with Crippen LogP contribution in [0.15, 0.2) is 12.3 Å². The number of hydrogen-bond acceptors (Lipinski definition) is 1. The van der Waals surface area contributed by atoms with Crippen molar-refractivity contribution in [1.82, 2.24) is 4.90 Å². The number of amides is 1. The monoisotopic (exact) mass is 167 g/mol. The third-order valence-electron chi connectivity index (χ3n) is 2.46. The van der Waals surface area contributed by atoms with E-state index in [4.69, 9.17) is 0 Å². The minimum atomic E-state index is 0.276. The molecule has 0 aromatic heterocycles. The van der Waals surface area contributed by atoms with Crippen LogP contribution in [0.4, 0.5) is 0 Å². The van der Waals surface area contributed by atoms with Crippen molar-refractivity contribution in [3.05, 3.63) is 12.3 Å². The number of hydrogen-bond donors (Lipinski definition) is 0. The van der Waals surface area contributed by atoms with Gasteiger partial charge >= 0.3 is 0 Å². The highest BCUT2D eigenvalue weighted by molar-refractivity contribution is 5.77. The molecule has 1 amide bonds. The lowest BCUT2D eigenvalue weighted by atomic mass is 9.99. The molecule has 2 nitrogen and oxygen atoms in total. The smallest absolute Gasteiger partial charge is 0.226 e. The predicted molar refractivity (Wildman–Crippen MR) is 49.5 cm³/mol. The molecule has 0 aromatic carbocycles. The minimum absolute atomic E-state index is 0.276. The van der Waals surface area contributed by atoms with Crippen molar-refractivity contribution in [3.63, 3.8) is 0 Å². The van der Waals surface area contributed by atoms with Crippen molar-refractivity contribution in [2.45, 2.75) is 33.1 Å². The Balaban J connectivity index is 2.59. The molecule has 68 valence electrons. The maximum atomic E-state index is 11.5. The van der Waals surface area contributed by atoms with E-state index in [2.05, 4.69) is 13.0 Å². The molecule has 0 radical (unpaired) electrons. The van der Waals surface area contributed by atoms with E-state index in [-0.39, 0.29) is 5.91 Å². The van der Waals surface area contributed by atoms with E-state index in [1.807, 2.05) is 13.1 Å². The second-order valence-corrected chi connectivity index (χ2v) is 3.28. The first-order chi connectivity index (χ1) is 5.77. The van der Waals surface area contributed by atoms with E-state index in [1.54, 1.807) is 4.90 Å². The van der Waals surface area contributed by atoms with Crippen LogP contribution < -0.4 is 0 Å². The maximum absolute atomic E-state index is 11.5. The fourth-order valence-electron chi connectivity index (χ4n) is 1.50. The van der Waals surface area contributed by atoms with E-state index < -0.39 is 0 Å². The maximum Gasteiger partial charge on any atom is 0.226 e. The van der Waals surface area contributed by atoms with Crippen molar-refractivity contribution in [3.8, 4) is 0 Å². The SMILES string of the molecule is CCC1CC=CN(CC)C(=O)C1. The molecule has 1 unspecified atom stereocenters. The van der Waals surface area contributed by atoms with Crippen LogP contribution in [-0.2, 0) is 4.79 Å². The fourth-order valence-corrected chi connectivity index (χ4v) is 1.50. The highest BCUT2D eigenvalue weighted by Gasteiger charge is 2.17. The van der Waals surface area contributed by atoms with Crippen LogP contribution in [0, 0.1) is 5.92 Å². The fraction of sp³-hybridized carbons (Fsp3) is 0.700. The van der Waals surface area contributed by atoms with Crippen molar-refractivity contribution < 1.29 is 4.79 Å². The van der Waals surface area contributed by atoms with E-state index in [0.29, 0.717) is 5.92 Å². The third kappa shape index (κ3) is 2.10. The zero-order valence-electron chi connectivity index (χ0n) is 7.92. The molecule has 1 heterocycles. The summed E-state index contributed by atoms with van der Waals surface area (Å²) >= 11 is 0. The molecule has 2 heteroatoms. The topological polar surface area (TPSA) is 20.3 Å². The number of carbonyl (C=O) groups is 1. The Labute approximate surface area is 74.2 Å². The van der Waals surface area contributed by atoms with Gasteiger partial charge in [0.05, 0.1) is 0 Å². The Morgan fingerprint density at radius 1 is 1.58 bits per heavy atom. The first kappa shape index (κ1) is 9.30. The lowest BCUT2D eigenvalue weighted by Crippen LogP contribution is -2.25. The molecular weight excluding hydrogens is 150 g/mol. The van der Waals surface area contributed by atoms with Gasteiger partial charge in [-0.15, -0.1) is 0 Å². The second kappa shape index (κ2) is 4.29. The van der Waals surface area contributed by atoms with Gasteiger partial charge in [-0.05, 0) is 19.3 Å². The number of carbonyl (C=O) groups excluding carboxylic acids is 1. The van der Waals surface area contributed by atoms with Gasteiger partial charge in [0.15, 0.2) is 0 Å². The average Bonchev–Trinajstić information content (AvgIpc) is 2.26. The highest BCUT2D eigenvalue weighted by atomic mass is 16.2. The number of allylic oxidation sites excluding steroid dienone is 1. The van der Waals surface area contributed by atoms with Gasteiger partial charge in [-0.3, -0.25) is 4.79 Å². The summed E-state index contributed by atoms with van der Waals surface area (Å²) in [6.45, 7) is 4.95. The van der Waals surface area contributed by atoms with Gasteiger partial charge in [0, 0.05) is 19.2 Å². The first-order valence-electron chi connectivity index (χ1n) is 4.74. The van der Waals surface area contributed by atoms with Crippen molar-refractivity contribution >= 4 is 5.91 Å². The molecule has 12 heavy (non-hydrogen) atoms. The molecule has 1 aliphatic rings. The second-order valence-electron chi connectivity index (χ2n) is 3.28. The average molecular weight is 167 g/mol. The molecule has 0 spiro atoms. The summed E-state index contributed by atoms with van der Waals surface area (Å²) in [5.74, 6) is 0.836. The molecule has 0 bridgehead atoms. The molecule has 0 saturated heterocycles. The molecule has 0 aliphatic carbocycles. The summed E-state index contributed by atoms with van der Waals surface area (Å²) in [5, 5.41) is 0. The summed E-state index contributed by atoms with van der Waals surface area (Å²) in [7, 11) is 0. The number of rotatable bonds is 2. The Bertz CT molecular complexity index is 186. The first-order valence-corrected chi connectivity index (χ1v) is 4.74. The van der Waals surface area contributed by atoms with Gasteiger partial charge in [-0.1, -0.05) is 19.4 Å². The zero-order chi connectivity index (χ0) is 8.97. The predicted octanol–water partition coefficient (Wildman–Crippen LogP) is 2.17. The Morgan fingerprint density at radius 2 is 2.33 bits per heavy atom. The van der Waals surface area contributed by atoms with E-state index in [1.165, 1.54) is 0 Å². The quantitative estimate of drug-likeness (QED) is 0.617. The molecule has 1 rings (SSSR count). The summed E-state index contributed by atoms with van der Waals surface area (Å²) in [6.07, 6.45) is 6.92. The van der Waals surface area contributed by atoms with Gasteiger partial charge in [0.25, 0.3) is 0 Å². The summed E-state index contributed by atoms with van der Waals surface area (Å²) in [5.41, 5.74) is 0. The van der Waals surface area contributed by atoms with Crippen LogP contribution in [0.3, 0.4) is 0 Å². The molecule has 0 aromatic rings. The Morgan fingerprint density at radius 3 is 2.92 bits per heavy atom. The van der Waals surface area contributed by atoms with Gasteiger partial charge in [-0.2, -0.15) is 0 Å². The molecule has 0 fully saturated rings. The van der Waals surface area contributed by atoms with Gasteiger partial charge in [-0.25, -0.2) is 0 Å². The molecule has 1 atom stereocenters. The van der Waals surface area contributed by atoms with Crippen LogP contribution in [0.2, 0.25) is 0 Å². The van der Waals surface area contributed by atoms with Crippen molar-refractivity contribution in [2.75, 3.05) is 6.54 Å². The largest absolute Gasteiger partial charge is 0.320 e. The van der Waals surface area contributed by atoms with E-state index in [0.717, 1.165) is 25.8 Å². The highest BCUT2D eigenvalue weighted by Crippen LogP contribution is 2.18. The number of nitrogens with zero attached hydrogens (tertiary/aromatic N) is 1. The Hall–Kier alpha value is -0.790. The lowest BCUT2D eigenvalue weighted by Gasteiger charge is -2.15.